The average molecular weight is 510 g/mol. The fourth-order valence-corrected chi connectivity index (χ4v) is 5.52. The number of hydrogen-bond acceptors (Lipinski definition) is 5. The van der Waals surface area contributed by atoms with Crippen molar-refractivity contribution in [3.63, 3.8) is 0 Å². The van der Waals surface area contributed by atoms with E-state index in [0.29, 0.717) is 29.9 Å². The minimum Gasteiger partial charge on any atom is -0.482 e. The van der Waals surface area contributed by atoms with E-state index in [1.54, 1.807) is 7.11 Å². The summed E-state index contributed by atoms with van der Waals surface area (Å²) in [5, 5.41) is 4.62. The van der Waals surface area contributed by atoms with Gasteiger partial charge >= 0.3 is 0 Å². The third kappa shape index (κ3) is 8.89. The van der Waals surface area contributed by atoms with Gasteiger partial charge in [-0.2, -0.15) is 0 Å². The van der Waals surface area contributed by atoms with Gasteiger partial charge in [0.25, 0.3) is 8.32 Å². The van der Waals surface area contributed by atoms with Crippen LogP contribution in [0.4, 0.5) is 0 Å². The van der Waals surface area contributed by atoms with E-state index in [1.165, 1.54) is 38.5 Å². The van der Waals surface area contributed by atoms with Crippen molar-refractivity contribution in [3.8, 4) is 0 Å². The molecule has 0 aromatic heterocycles. The molecule has 35 heavy (non-hydrogen) atoms. The van der Waals surface area contributed by atoms with Gasteiger partial charge in [-0.3, -0.25) is 0 Å². The maximum Gasteiger partial charge on any atom is 0.286 e. The van der Waals surface area contributed by atoms with Gasteiger partial charge in [0.2, 0.25) is 5.90 Å². The first-order valence-electron chi connectivity index (χ1n) is 14.1. The number of unbranched alkanes of at least 4 members (excludes halogenated alkanes) is 3. The molecular formula is C29H55NO4Si. The van der Waals surface area contributed by atoms with Crippen molar-refractivity contribution < 1.29 is 18.7 Å². The SMILES string of the molecule is CCCCCCOCC1C2CCC(O2)C1CC=CCCC(C)(C)C(=NO[Si](C)(C)C(C)(C)C)OC. The minimum atomic E-state index is -1.96. The van der Waals surface area contributed by atoms with Gasteiger partial charge in [-0.05, 0) is 62.6 Å². The van der Waals surface area contributed by atoms with Gasteiger partial charge in [0.1, 0.15) is 0 Å². The number of methoxy groups -OCH3 is 1. The summed E-state index contributed by atoms with van der Waals surface area (Å²) in [5.74, 6) is 1.84. The molecule has 4 unspecified atom stereocenters. The summed E-state index contributed by atoms with van der Waals surface area (Å²) in [6.07, 6.45) is 16.1. The van der Waals surface area contributed by atoms with Crippen molar-refractivity contribution in [1.29, 1.82) is 0 Å². The molecule has 5 nitrogen and oxygen atoms in total. The van der Waals surface area contributed by atoms with Crippen LogP contribution in [0.25, 0.3) is 0 Å². The summed E-state index contributed by atoms with van der Waals surface area (Å²) in [6.45, 7) is 19.5. The highest BCUT2D eigenvalue weighted by Gasteiger charge is 2.48. The molecule has 0 aliphatic carbocycles. The number of nitrogens with zero attached hydrogens (tertiary/aromatic N) is 1. The molecule has 2 fully saturated rings. The Balaban J connectivity index is 1.81. The van der Waals surface area contributed by atoms with Gasteiger partial charge in [0.15, 0.2) is 0 Å². The third-order valence-electron chi connectivity index (χ3n) is 8.49. The first-order chi connectivity index (χ1) is 16.4. The second kappa shape index (κ2) is 13.6. The van der Waals surface area contributed by atoms with E-state index in [9.17, 15) is 0 Å². The summed E-state index contributed by atoms with van der Waals surface area (Å²) in [6, 6.07) is 0. The quantitative estimate of drug-likeness (QED) is 0.0558. The Morgan fingerprint density at radius 1 is 1.00 bits per heavy atom. The van der Waals surface area contributed by atoms with Crippen LogP contribution in [0.5, 0.6) is 0 Å². The second-order valence-electron chi connectivity index (χ2n) is 12.8. The highest BCUT2D eigenvalue weighted by Crippen LogP contribution is 2.45. The van der Waals surface area contributed by atoms with Crippen LogP contribution in [0.3, 0.4) is 0 Å². The molecule has 0 aromatic rings. The lowest BCUT2D eigenvalue weighted by Crippen LogP contribution is -2.40. The number of fused-ring (bicyclic) bond motifs is 2. The first-order valence-corrected chi connectivity index (χ1v) is 17.0. The lowest BCUT2D eigenvalue weighted by molar-refractivity contribution is 0.0478. The summed E-state index contributed by atoms with van der Waals surface area (Å²) in [4.78, 5) is 0. The van der Waals surface area contributed by atoms with E-state index < -0.39 is 8.32 Å². The van der Waals surface area contributed by atoms with E-state index in [4.69, 9.17) is 18.7 Å². The van der Waals surface area contributed by atoms with Crippen LogP contribution >= 0.6 is 0 Å². The maximum atomic E-state index is 6.27. The van der Waals surface area contributed by atoms with Gasteiger partial charge in [-0.1, -0.05) is 78.1 Å². The molecular weight excluding hydrogens is 454 g/mol. The standard InChI is InChI=1S/C29H55NO4Si/c1-10-11-12-16-21-32-22-24-23(25-18-19-26(24)33-25)17-14-13-15-20-29(5,6)27(31-7)30-34-35(8,9)28(2,3)4/h13-14,23-26H,10-12,15-22H2,1-9H3. The van der Waals surface area contributed by atoms with Crippen molar-refractivity contribution in [2.75, 3.05) is 20.3 Å². The third-order valence-corrected chi connectivity index (χ3v) is 12.6. The number of rotatable bonds is 15. The Kier molecular flexibility index (Phi) is 11.8. The molecule has 0 N–H and O–H groups in total. The lowest BCUT2D eigenvalue weighted by Gasteiger charge is -2.34. The van der Waals surface area contributed by atoms with E-state index in [0.717, 1.165) is 32.5 Å². The zero-order valence-corrected chi connectivity index (χ0v) is 25.3. The van der Waals surface area contributed by atoms with Crippen LogP contribution in [-0.4, -0.2) is 46.7 Å². The smallest absolute Gasteiger partial charge is 0.286 e. The van der Waals surface area contributed by atoms with Gasteiger partial charge in [0.05, 0.1) is 25.9 Å². The largest absolute Gasteiger partial charge is 0.482 e. The fourth-order valence-electron chi connectivity index (χ4n) is 4.93. The molecule has 2 bridgehead atoms. The number of allylic oxidation sites excluding steroid dienone is 2. The average Bonchev–Trinajstić information content (AvgIpc) is 3.37. The number of ether oxygens (including phenoxy) is 3. The Labute approximate surface area is 217 Å². The van der Waals surface area contributed by atoms with Crippen molar-refractivity contribution in [3.05, 3.63) is 12.2 Å². The van der Waals surface area contributed by atoms with Gasteiger partial charge in [-0.25, -0.2) is 0 Å². The van der Waals surface area contributed by atoms with Crippen molar-refractivity contribution in [2.24, 2.45) is 22.4 Å². The molecule has 2 aliphatic heterocycles. The minimum absolute atomic E-state index is 0.115. The van der Waals surface area contributed by atoms with Gasteiger partial charge < -0.3 is 18.7 Å². The first kappa shape index (κ1) is 30.4. The molecule has 0 amide bonds. The molecule has 0 radical (unpaired) electrons. The highest BCUT2D eigenvalue weighted by atomic mass is 28.4. The molecule has 2 rings (SSSR count). The molecule has 0 spiro atoms. The molecule has 0 saturated carbocycles. The summed E-state index contributed by atoms with van der Waals surface area (Å²) >= 11 is 0. The van der Waals surface area contributed by atoms with E-state index in [2.05, 4.69) is 71.9 Å². The highest BCUT2D eigenvalue weighted by molar-refractivity contribution is 6.74. The number of hydrogen-bond donors (Lipinski definition) is 0. The molecule has 204 valence electrons. The Morgan fingerprint density at radius 3 is 2.31 bits per heavy atom. The lowest BCUT2D eigenvalue weighted by atomic mass is 9.78. The molecule has 2 aliphatic rings. The molecule has 2 heterocycles. The monoisotopic (exact) mass is 509 g/mol. The summed E-state index contributed by atoms with van der Waals surface area (Å²) in [5.41, 5.74) is -0.175. The second-order valence-corrected chi connectivity index (χ2v) is 17.5. The summed E-state index contributed by atoms with van der Waals surface area (Å²) < 4.78 is 24.1. The number of oxime groups is 1. The molecule has 0 aromatic carbocycles. The Morgan fingerprint density at radius 2 is 1.69 bits per heavy atom. The van der Waals surface area contributed by atoms with Crippen LogP contribution in [0.15, 0.2) is 17.3 Å². The fraction of sp³-hybridized carbons (Fsp3) is 0.897. The van der Waals surface area contributed by atoms with Crippen molar-refractivity contribution in [2.45, 2.75) is 130 Å². The van der Waals surface area contributed by atoms with Crippen molar-refractivity contribution in [1.82, 2.24) is 0 Å². The normalized spacial score (nSPS) is 25.6. The molecule has 6 heteroatoms. The predicted octanol–water partition coefficient (Wildman–Crippen LogP) is 8.11. The van der Waals surface area contributed by atoms with Crippen LogP contribution in [0.2, 0.25) is 18.1 Å². The molecule has 4 atom stereocenters. The van der Waals surface area contributed by atoms with Crippen LogP contribution < -0.4 is 0 Å². The topological polar surface area (TPSA) is 49.3 Å². The predicted molar refractivity (Wildman–Crippen MR) is 149 cm³/mol. The Bertz CT molecular complexity index is 683. The zero-order valence-electron chi connectivity index (χ0n) is 24.3. The van der Waals surface area contributed by atoms with Crippen molar-refractivity contribution >= 4 is 14.2 Å². The van der Waals surface area contributed by atoms with Gasteiger partial charge in [-0.15, -0.1) is 0 Å². The van der Waals surface area contributed by atoms with Crippen LogP contribution in [0.1, 0.15) is 99.3 Å². The summed E-state index contributed by atoms with van der Waals surface area (Å²) in [7, 11) is -0.256. The van der Waals surface area contributed by atoms with E-state index in [1.807, 2.05) is 0 Å². The van der Waals surface area contributed by atoms with E-state index >= 15 is 0 Å². The van der Waals surface area contributed by atoms with Gasteiger partial charge in [0, 0.05) is 17.9 Å². The zero-order chi connectivity index (χ0) is 26.1. The van der Waals surface area contributed by atoms with E-state index in [-0.39, 0.29) is 10.5 Å². The maximum absolute atomic E-state index is 6.27. The molecule has 2 saturated heterocycles. The van der Waals surface area contributed by atoms with Crippen LogP contribution in [-0.2, 0) is 18.7 Å². The Hall–Kier alpha value is -0.853. The van der Waals surface area contributed by atoms with Crippen LogP contribution in [0, 0.1) is 17.3 Å².